The summed E-state index contributed by atoms with van der Waals surface area (Å²) < 4.78 is 5.50. The summed E-state index contributed by atoms with van der Waals surface area (Å²) in [4.78, 5) is 30.9. The number of hydrogen-bond donors (Lipinski definition) is 1. The predicted octanol–water partition coefficient (Wildman–Crippen LogP) is 3.19. The number of rotatable bonds is 7. The Morgan fingerprint density at radius 3 is 2.50 bits per heavy atom. The summed E-state index contributed by atoms with van der Waals surface area (Å²) in [5.74, 6) is 0.0790. The van der Waals surface area contributed by atoms with Crippen LogP contribution in [0.15, 0.2) is 53.9 Å². The molecule has 0 saturated carbocycles. The zero-order valence-electron chi connectivity index (χ0n) is 18.3. The molecule has 2 aliphatic rings. The molecule has 2 saturated heterocycles. The largest absolute Gasteiger partial charge is 0.379 e. The Bertz CT molecular complexity index is 886. The SMILES string of the molecule is O=C(NCC(c1cccs1)N1CCOCC1)C1CCN(C(=O)/C=C/c2ccccc2)CC1. The van der Waals surface area contributed by atoms with Gasteiger partial charge in [0.25, 0.3) is 0 Å². The summed E-state index contributed by atoms with van der Waals surface area (Å²) in [6.07, 6.45) is 4.89. The number of nitrogens with one attached hydrogen (secondary N) is 1. The van der Waals surface area contributed by atoms with E-state index in [1.54, 1.807) is 17.4 Å². The number of amides is 2. The van der Waals surface area contributed by atoms with Crippen molar-refractivity contribution in [2.24, 2.45) is 5.92 Å². The highest BCUT2D eigenvalue weighted by Gasteiger charge is 2.29. The highest BCUT2D eigenvalue weighted by atomic mass is 32.1. The summed E-state index contributed by atoms with van der Waals surface area (Å²) in [6.45, 7) is 5.09. The minimum Gasteiger partial charge on any atom is -0.379 e. The molecule has 32 heavy (non-hydrogen) atoms. The number of carbonyl (C=O) groups is 2. The summed E-state index contributed by atoms with van der Waals surface area (Å²) in [6, 6.07) is 14.2. The van der Waals surface area contributed by atoms with Crippen LogP contribution in [0.2, 0.25) is 0 Å². The molecular formula is C25H31N3O3S. The van der Waals surface area contributed by atoms with Gasteiger partial charge in [-0.2, -0.15) is 0 Å². The first-order valence-corrected chi connectivity index (χ1v) is 12.2. The van der Waals surface area contributed by atoms with Crippen molar-refractivity contribution in [3.8, 4) is 0 Å². The van der Waals surface area contributed by atoms with E-state index in [1.165, 1.54) is 4.88 Å². The summed E-state index contributed by atoms with van der Waals surface area (Å²) in [5.41, 5.74) is 1.01. The number of thiophene rings is 1. The van der Waals surface area contributed by atoms with Crippen LogP contribution in [0.4, 0.5) is 0 Å². The second-order valence-electron chi connectivity index (χ2n) is 8.27. The topological polar surface area (TPSA) is 61.9 Å². The predicted molar refractivity (Wildman–Crippen MR) is 127 cm³/mol. The maximum Gasteiger partial charge on any atom is 0.246 e. The highest BCUT2D eigenvalue weighted by molar-refractivity contribution is 7.10. The van der Waals surface area contributed by atoms with Crippen LogP contribution >= 0.6 is 11.3 Å². The molecule has 1 aromatic carbocycles. The molecule has 2 aliphatic heterocycles. The van der Waals surface area contributed by atoms with E-state index >= 15 is 0 Å². The quantitative estimate of drug-likeness (QED) is 0.654. The number of nitrogens with zero attached hydrogens (tertiary/aromatic N) is 2. The van der Waals surface area contributed by atoms with E-state index in [-0.39, 0.29) is 23.8 Å². The van der Waals surface area contributed by atoms with Gasteiger partial charge in [-0.3, -0.25) is 14.5 Å². The molecule has 1 atom stereocenters. The molecule has 2 aromatic rings. The summed E-state index contributed by atoms with van der Waals surface area (Å²) >= 11 is 1.73. The smallest absolute Gasteiger partial charge is 0.246 e. The molecule has 0 aliphatic carbocycles. The van der Waals surface area contributed by atoms with E-state index in [0.717, 1.165) is 31.9 Å². The van der Waals surface area contributed by atoms with Crippen LogP contribution in [0.25, 0.3) is 6.08 Å². The van der Waals surface area contributed by atoms with E-state index in [0.29, 0.717) is 32.5 Å². The number of hydrogen-bond acceptors (Lipinski definition) is 5. The average Bonchev–Trinajstić information content (AvgIpc) is 3.38. The lowest BCUT2D eigenvalue weighted by atomic mass is 9.95. The van der Waals surface area contributed by atoms with Crippen molar-refractivity contribution in [3.63, 3.8) is 0 Å². The van der Waals surface area contributed by atoms with Crippen molar-refractivity contribution in [2.75, 3.05) is 45.9 Å². The lowest BCUT2D eigenvalue weighted by molar-refractivity contribution is -0.132. The van der Waals surface area contributed by atoms with Crippen LogP contribution in [0.3, 0.4) is 0 Å². The summed E-state index contributed by atoms with van der Waals surface area (Å²) in [7, 11) is 0. The van der Waals surface area contributed by atoms with Crippen molar-refractivity contribution in [2.45, 2.75) is 18.9 Å². The number of ether oxygens (including phenoxy) is 1. The molecule has 0 radical (unpaired) electrons. The first-order chi connectivity index (χ1) is 15.7. The van der Waals surface area contributed by atoms with Gasteiger partial charge in [0, 0.05) is 49.6 Å². The molecule has 2 amide bonds. The molecule has 3 heterocycles. The van der Waals surface area contributed by atoms with Gasteiger partial charge >= 0.3 is 0 Å². The van der Waals surface area contributed by atoms with E-state index in [4.69, 9.17) is 4.74 Å². The Kier molecular flexibility index (Phi) is 8.09. The second kappa shape index (κ2) is 11.4. The molecule has 0 bridgehead atoms. The molecule has 2 fully saturated rings. The fourth-order valence-electron chi connectivity index (χ4n) is 4.32. The Morgan fingerprint density at radius 1 is 1.06 bits per heavy atom. The van der Waals surface area contributed by atoms with Crippen LogP contribution in [-0.4, -0.2) is 67.6 Å². The van der Waals surface area contributed by atoms with Crippen LogP contribution in [0.1, 0.15) is 29.3 Å². The van der Waals surface area contributed by atoms with Gasteiger partial charge in [-0.05, 0) is 35.9 Å². The number of likely N-dealkylation sites (tertiary alicyclic amines) is 1. The molecule has 1 aromatic heterocycles. The van der Waals surface area contributed by atoms with Crippen LogP contribution < -0.4 is 5.32 Å². The minimum atomic E-state index is -0.0363. The first-order valence-electron chi connectivity index (χ1n) is 11.4. The molecule has 1 unspecified atom stereocenters. The van der Waals surface area contributed by atoms with Gasteiger partial charge in [0.1, 0.15) is 0 Å². The molecule has 6 nitrogen and oxygen atoms in total. The number of piperidine rings is 1. The van der Waals surface area contributed by atoms with Gasteiger partial charge in [-0.25, -0.2) is 0 Å². The van der Waals surface area contributed by atoms with Crippen LogP contribution in [0, 0.1) is 5.92 Å². The first kappa shape index (κ1) is 22.7. The van der Waals surface area contributed by atoms with Gasteiger partial charge in [0.15, 0.2) is 0 Å². The molecule has 0 spiro atoms. The maximum absolute atomic E-state index is 12.9. The molecule has 7 heteroatoms. The standard InChI is InChI=1S/C25H31N3O3S/c29-24(9-8-20-5-2-1-3-6-20)28-12-10-21(11-13-28)25(30)26-19-22(23-7-4-18-32-23)27-14-16-31-17-15-27/h1-9,18,21-22H,10-17,19H2,(H,26,30)/b9-8+. The van der Waals surface area contributed by atoms with Crippen molar-refractivity contribution in [1.29, 1.82) is 0 Å². The lowest BCUT2D eigenvalue weighted by Crippen LogP contribution is -2.46. The zero-order valence-corrected chi connectivity index (χ0v) is 19.1. The van der Waals surface area contributed by atoms with Gasteiger partial charge in [-0.15, -0.1) is 11.3 Å². The number of morpholine rings is 1. The Hall–Kier alpha value is -2.48. The number of carbonyl (C=O) groups excluding carboxylic acids is 2. The summed E-state index contributed by atoms with van der Waals surface area (Å²) in [5, 5.41) is 5.28. The van der Waals surface area contributed by atoms with Crippen molar-refractivity contribution < 1.29 is 14.3 Å². The molecule has 4 rings (SSSR count). The van der Waals surface area contributed by atoms with Gasteiger partial charge in [0.05, 0.1) is 19.3 Å². The minimum absolute atomic E-state index is 0.0118. The normalized spacial score (nSPS) is 19.2. The monoisotopic (exact) mass is 453 g/mol. The Balaban J connectivity index is 1.25. The highest BCUT2D eigenvalue weighted by Crippen LogP contribution is 2.26. The van der Waals surface area contributed by atoms with Gasteiger partial charge in [0.2, 0.25) is 11.8 Å². The van der Waals surface area contributed by atoms with Crippen LogP contribution in [-0.2, 0) is 14.3 Å². The molecular weight excluding hydrogens is 422 g/mol. The maximum atomic E-state index is 12.9. The molecule has 1 N–H and O–H groups in total. The zero-order chi connectivity index (χ0) is 22.2. The Labute approximate surface area is 193 Å². The number of benzene rings is 1. The third-order valence-electron chi connectivity index (χ3n) is 6.22. The fourth-order valence-corrected chi connectivity index (χ4v) is 5.18. The Morgan fingerprint density at radius 2 is 1.81 bits per heavy atom. The van der Waals surface area contributed by atoms with Crippen LogP contribution in [0.5, 0.6) is 0 Å². The van der Waals surface area contributed by atoms with Crippen molar-refractivity contribution >= 4 is 29.2 Å². The van der Waals surface area contributed by atoms with E-state index in [9.17, 15) is 9.59 Å². The molecule has 170 valence electrons. The lowest BCUT2D eigenvalue weighted by Gasteiger charge is -2.35. The van der Waals surface area contributed by atoms with E-state index in [2.05, 4.69) is 27.7 Å². The van der Waals surface area contributed by atoms with Crippen molar-refractivity contribution in [3.05, 3.63) is 64.4 Å². The third-order valence-corrected chi connectivity index (χ3v) is 7.20. The van der Waals surface area contributed by atoms with Gasteiger partial charge < -0.3 is 15.0 Å². The average molecular weight is 454 g/mol. The van der Waals surface area contributed by atoms with Crippen molar-refractivity contribution in [1.82, 2.24) is 15.1 Å². The van der Waals surface area contributed by atoms with E-state index < -0.39 is 0 Å². The van der Waals surface area contributed by atoms with Gasteiger partial charge in [-0.1, -0.05) is 36.4 Å². The second-order valence-corrected chi connectivity index (χ2v) is 9.25. The van der Waals surface area contributed by atoms with E-state index in [1.807, 2.05) is 41.3 Å². The third kappa shape index (κ3) is 6.06. The fraction of sp³-hybridized carbons (Fsp3) is 0.440.